The highest BCUT2D eigenvalue weighted by Gasteiger charge is 2.28. The number of para-hydroxylation sites is 1. The Labute approximate surface area is 149 Å². The lowest BCUT2D eigenvalue weighted by atomic mass is 10.1. The van der Waals surface area contributed by atoms with Gasteiger partial charge < -0.3 is 14.5 Å². The minimum Gasteiger partial charge on any atom is -0.493 e. The number of benzene rings is 1. The van der Waals surface area contributed by atoms with Crippen molar-refractivity contribution in [2.75, 3.05) is 33.8 Å². The normalized spacial score (nSPS) is 16.8. The van der Waals surface area contributed by atoms with Crippen LogP contribution in [0.25, 0.3) is 0 Å². The fourth-order valence-electron chi connectivity index (χ4n) is 3.13. The highest BCUT2D eigenvalue weighted by Crippen LogP contribution is 2.23. The lowest BCUT2D eigenvalue weighted by Gasteiger charge is -2.34. The van der Waals surface area contributed by atoms with Crippen LogP contribution in [0.1, 0.15) is 24.6 Å². The Kier molecular flexibility index (Phi) is 5.71. The van der Waals surface area contributed by atoms with Gasteiger partial charge in [0.25, 0.3) is 0 Å². The first-order valence-corrected chi connectivity index (χ1v) is 8.76. The predicted octanol–water partition coefficient (Wildman–Crippen LogP) is 2.19. The summed E-state index contributed by atoms with van der Waals surface area (Å²) in [6.07, 6.45) is 3.19. The molecule has 1 aromatic carbocycles. The van der Waals surface area contributed by atoms with E-state index in [1.807, 2.05) is 47.5 Å². The molecule has 0 bridgehead atoms. The van der Waals surface area contributed by atoms with Gasteiger partial charge >= 0.3 is 0 Å². The standard InChI is InChI=1S/C19H26N4O2/c1-21(2)12-9-17-15-22(14-16-8-11-20-23(16)17)19(24)10-13-25-18-6-4-3-5-7-18/h3-8,11,17H,9-10,12-15H2,1-2H3. The van der Waals surface area contributed by atoms with Gasteiger partial charge in [-0.3, -0.25) is 9.48 Å². The van der Waals surface area contributed by atoms with Crippen LogP contribution in [0.15, 0.2) is 42.6 Å². The van der Waals surface area contributed by atoms with E-state index in [0.29, 0.717) is 26.1 Å². The molecule has 2 heterocycles. The van der Waals surface area contributed by atoms with Crippen molar-refractivity contribution in [1.29, 1.82) is 0 Å². The number of rotatable bonds is 7. The Morgan fingerprint density at radius 3 is 2.84 bits per heavy atom. The monoisotopic (exact) mass is 342 g/mol. The molecule has 0 N–H and O–H groups in total. The maximum atomic E-state index is 12.6. The highest BCUT2D eigenvalue weighted by molar-refractivity contribution is 5.76. The van der Waals surface area contributed by atoms with E-state index in [4.69, 9.17) is 4.74 Å². The summed E-state index contributed by atoms with van der Waals surface area (Å²) in [7, 11) is 4.13. The number of aromatic nitrogens is 2. The van der Waals surface area contributed by atoms with Crippen LogP contribution >= 0.6 is 0 Å². The molecule has 6 heteroatoms. The van der Waals surface area contributed by atoms with Gasteiger partial charge in [0.2, 0.25) is 5.91 Å². The molecule has 6 nitrogen and oxygen atoms in total. The van der Waals surface area contributed by atoms with Crippen molar-refractivity contribution < 1.29 is 9.53 Å². The summed E-state index contributed by atoms with van der Waals surface area (Å²) in [5, 5.41) is 4.45. The third kappa shape index (κ3) is 4.60. The van der Waals surface area contributed by atoms with Crippen LogP contribution in [-0.4, -0.2) is 59.3 Å². The van der Waals surface area contributed by atoms with Gasteiger partial charge in [0.1, 0.15) is 5.75 Å². The molecule has 2 aromatic rings. The average Bonchev–Trinajstić information content (AvgIpc) is 3.09. The molecule has 1 aromatic heterocycles. The largest absolute Gasteiger partial charge is 0.493 e. The Morgan fingerprint density at radius 1 is 1.28 bits per heavy atom. The van der Waals surface area contributed by atoms with Gasteiger partial charge in [0, 0.05) is 12.7 Å². The molecule has 1 aliphatic rings. The quantitative estimate of drug-likeness (QED) is 0.774. The molecule has 0 saturated carbocycles. The molecule has 25 heavy (non-hydrogen) atoms. The SMILES string of the molecule is CN(C)CCC1CN(C(=O)CCOc2ccccc2)Cc2ccnn21. The third-order valence-corrected chi connectivity index (χ3v) is 4.47. The molecular formula is C19H26N4O2. The Morgan fingerprint density at radius 2 is 2.08 bits per heavy atom. The number of nitrogens with zero attached hydrogens (tertiary/aromatic N) is 4. The van der Waals surface area contributed by atoms with Crippen LogP contribution in [0.4, 0.5) is 0 Å². The zero-order chi connectivity index (χ0) is 17.6. The van der Waals surface area contributed by atoms with Gasteiger partial charge in [0.05, 0.1) is 31.3 Å². The molecule has 0 radical (unpaired) electrons. The molecule has 0 aliphatic carbocycles. The average molecular weight is 342 g/mol. The molecule has 0 fully saturated rings. The lowest BCUT2D eigenvalue weighted by molar-refractivity contribution is -0.133. The number of carbonyl (C=O) groups excluding carboxylic acids is 1. The zero-order valence-corrected chi connectivity index (χ0v) is 15.0. The fourth-order valence-corrected chi connectivity index (χ4v) is 3.13. The van der Waals surface area contributed by atoms with E-state index < -0.39 is 0 Å². The summed E-state index contributed by atoms with van der Waals surface area (Å²) < 4.78 is 7.73. The van der Waals surface area contributed by atoms with E-state index in [1.54, 1.807) is 0 Å². The summed E-state index contributed by atoms with van der Waals surface area (Å²) in [5.41, 5.74) is 1.10. The molecule has 134 valence electrons. The minimum atomic E-state index is 0.137. The zero-order valence-electron chi connectivity index (χ0n) is 15.0. The number of fused-ring (bicyclic) bond motifs is 1. The second-order valence-corrected chi connectivity index (χ2v) is 6.70. The molecule has 0 spiro atoms. The number of amides is 1. The fraction of sp³-hybridized carbons (Fsp3) is 0.474. The van der Waals surface area contributed by atoms with Crippen LogP contribution in [0, 0.1) is 0 Å². The molecule has 1 amide bonds. The van der Waals surface area contributed by atoms with Crippen LogP contribution < -0.4 is 4.74 Å². The van der Waals surface area contributed by atoms with Gasteiger partial charge in [0.15, 0.2) is 0 Å². The van der Waals surface area contributed by atoms with Gasteiger partial charge in [-0.1, -0.05) is 18.2 Å². The van der Waals surface area contributed by atoms with Crippen molar-refractivity contribution in [2.24, 2.45) is 0 Å². The summed E-state index contributed by atoms with van der Waals surface area (Å²) in [6, 6.07) is 11.9. The van der Waals surface area contributed by atoms with Gasteiger partial charge in [-0.05, 0) is 45.3 Å². The van der Waals surface area contributed by atoms with Gasteiger partial charge in [-0.2, -0.15) is 5.10 Å². The Bertz CT molecular complexity index is 684. The van der Waals surface area contributed by atoms with Crippen molar-refractivity contribution >= 4 is 5.91 Å². The summed E-state index contributed by atoms with van der Waals surface area (Å²) in [5.74, 6) is 0.939. The molecule has 0 saturated heterocycles. The molecular weight excluding hydrogens is 316 g/mol. The Hall–Kier alpha value is -2.34. The maximum Gasteiger partial charge on any atom is 0.226 e. The summed E-state index contributed by atoms with van der Waals surface area (Å²) in [4.78, 5) is 16.7. The molecule has 1 atom stereocenters. The topological polar surface area (TPSA) is 50.6 Å². The van der Waals surface area contributed by atoms with Gasteiger partial charge in [-0.25, -0.2) is 0 Å². The number of ether oxygens (including phenoxy) is 1. The number of carbonyl (C=O) groups is 1. The van der Waals surface area contributed by atoms with E-state index in [2.05, 4.69) is 28.8 Å². The second-order valence-electron chi connectivity index (χ2n) is 6.70. The van der Waals surface area contributed by atoms with E-state index in [1.165, 1.54) is 0 Å². The van der Waals surface area contributed by atoms with Crippen LogP contribution in [-0.2, 0) is 11.3 Å². The van der Waals surface area contributed by atoms with Crippen LogP contribution in [0.5, 0.6) is 5.75 Å². The maximum absolute atomic E-state index is 12.6. The van der Waals surface area contributed by atoms with Crippen molar-refractivity contribution in [2.45, 2.75) is 25.4 Å². The predicted molar refractivity (Wildman–Crippen MR) is 96.4 cm³/mol. The lowest BCUT2D eigenvalue weighted by Crippen LogP contribution is -2.42. The van der Waals surface area contributed by atoms with Gasteiger partial charge in [-0.15, -0.1) is 0 Å². The second kappa shape index (κ2) is 8.16. The number of hydrogen-bond donors (Lipinski definition) is 0. The Balaban J connectivity index is 1.55. The van der Waals surface area contributed by atoms with E-state index >= 15 is 0 Å². The third-order valence-electron chi connectivity index (χ3n) is 4.47. The van der Waals surface area contributed by atoms with E-state index in [-0.39, 0.29) is 11.9 Å². The van der Waals surface area contributed by atoms with Crippen LogP contribution in [0.2, 0.25) is 0 Å². The first-order chi connectivity index (χ1) is 12.1. The molecule has 3 rings (SSSR count). The van der Waals surface area contributed by atoms with Crippen molar-refractivity contribution in [3.63, 3.8) is 0 Å². The molecule has 1 aliphatic heterocycles. The van der Waals surface area contributed by atoms with Crippen molar-refractivity contribution in [3.8, 4) is 5.75 Å². The van der Waals surface area contributed by atoms with E-state index in [9.17, 15) is 4.79 Å². The molecule has 1 unspecified atom stereocenters. The van der Waals surface area contributed by atoms with Crippen molar-refractivity contribution in [3.05, 3.63) is 48.3 Å². The van der Waals surface area contributed by atoms with Crippen LogP contribution in [0.3, 0.4) is 0 Å². The summed E-state index contributed by atoms with van der Waals surface area (Å²) >= 11 is 0. The minimum absolute atomic E-state index is 0.137. The number of hydrogen-bond acceptors (Lipinski definition) is 4. The highest BCUT2D eigenvalue weighted by atomic mass is 16.5. The first kappa shape index (κ1) is 17.5. The summed E-state index contributed by atoms with van der Waals surface area (Å²) in [6.45, 7) is 2.72. The first-order valence-electron chi connectivity index (χ1n) is 8.76. The smallest absolute Gasteiger partial charge is 0.226 e. The van der Waals surface area contributed by atoms with Crippen molar-refractivity contribution in [1.82, 2.24) is 19.6 Å². The van der Waals surface area contributed by atoms with E-state index in [0.717, 1.165) is 24.4 Å².